The number of rotatable bonds is 3. The molecule has 3 aliphatic heterocycles. The van der Waals surface area contributed by atoms with E-state index in [1.807, 2.05) is 12.1 Å². The van der Waals surface area contributed by atoms with Crippen molar-refractivity contribution in [3.8, 4) is 0 Å². The van der Waals surface area contributed by atoms with Crippen molar-refractivity contribution in [1.29, 1.82) is 0 Å². The van der Waals surface area contributed by atoms with E-state index in [9.17, 15) is 9.59 Å². The minimum atomic E-state index is -0.300. The fourth-order valence-electron chi connectivity index (χ4n) is 4.52. The molecule has 2 amide bonds. The molecule has 2 bridgehead atoms. The van der Waals surface area contributed by atoms with Crippen LogP contribution in [0.1, 0.15) is 24.0 Å². The Hall–Kier alpha value is -2.47. The van der Waals surface area contributed by atoms with Crippen molar-refractivity contribution < 1.29 is 14.3 Å². The predicted octanol–water partition coefficient (Wildman–Crippen LogP) is 1.91. The molecule has 3 fully saturated rings. The molecule has 0 aliphatic carbocycles. The van der Waals surface area contributed by atoms with E-state index in [2.05, 4.69) is 24.2 Å². The minimum Gasteiger partial charge on any atom is -0.373 e. The summed E-state index contributed by atoms with van der Waals surface area (Å²) in [7, 11) is 0. The maximum Gasteiger partial charge on any atom is 0.240 e. The standard InChI is InChI=1S/C19H19N3O3/c1-11-3-2-4-12(7-11)9-21-10-13(8-20-21)22-18(23)16-14-5-6-15(25-14)17(16)19(22)24/h2-4,7-8,10,14-17H,5-6,9H2,1H3/t14-,15-,16-,17-/m1/s1. The summed E-state index contributed by atoms with van der Waals surface area (Å²) in [5, 5.41) is 4.34. The third-order valence-electron chi connectivity index (χ3n) is 5.59. The van der Waals surface area contributed by atoms with Crippen molar-refractivity contribution >= 4 is 17.5 Å². The average Bonchev–Trinajstić information content (AvgIpc) is 3.33. The first-order valence-corrected chi connectivity index (χ1v) is 8.73. The molecule has 5 rings (SSSR count). The number of ether oxygens (including phenoxy) is 1. The molecular formula is C19H19N3O3. The first-order chi connectivity index (χ1) is 12.1. The van der Waals surface area contributed by atoms with E-state index in [-0.39, 0.29) is 35.9 Å². The Morgan fingerprint density at radius 3 is 2.56 bits per heavy atom. The fraction of sp³-hybridized carbons (Fsp3) is 0.421. The van der Waals surface area contributed by atoms with Gasteiger partial charge in [0.25, 0.3) is 0 Å². The summed E-state index contributed by atoms with van der Waals surface area (Å²) in [6.45, 7) is 2.66. The molecule has 6 heteroatoms. The van der Waals surface area contributed by atoms with Crippen LogP contribution in [0.3, 0.4) is 0 Å². The number of benzene rings is 1. The van der Waals surface area contributed by atoms with Gasteiger partial charge in [0.05, 0.1) is 42.5 Å². The Morgan fingerprint density at radius 2 is 1.88 bits per heavy atom. The van der Waals surface area contributed by atoms with Gasteiger partial charge in [-0.2, -0.15) is 5.10 Å². The smallest absolute Gasteiger partial charge is 0.240 e. The van der Waals surface area contributed by atoms with Crippen LogP contribution >= 0.6 is 0 Å². The first kappa shape index (κ1) is 14.8. The summed E-state index contributed by atoms with van der Waals surface area (Å²) in [6, 6.07) is 8.21. The molecule has 0 spiro atoms. The van der Waals surface area contributed by atoms with Crippen molar-refractivity contribution in [2.75, 3.05) is 4.90 Å². The van der Waals surface area contributed by atoms with Crippen molar-refractivity contribution in [1.82, 2.24) is 9.78 Å². The van der Waals surface area contributed by atoms with Crippen molar-refractivity contribution in [3.63, 3.8) is 0 Å². The number of carbonyl (C=O) groups excluding carboxylic acids is 2. The summed E-state index contributed by atoms with van der Waals surface area (Å²) >= 11 is 0. The van der Waals surface area contributed by atoms with Crippen LogP contribution < -0.4 is 4.90 Å². The topological polar surface area (TPSA) is 64.4 Å². The molecule has 4 atom stereocenters. The minimum absolute atomic E-state index is 0.0845. The van der Waals surface area contributed by atoms with Crippen molar-refractivity contribution in [2.24, 2.45) is 11.8 Å². The highest BCUT2D eigenvalue weighted by molar-refractivity contribution is 6.22. The summed E-state index contributed by atoms with van der Waals surface area (Å²) in [5.74, 6) is -0.854. The Morgan fingerprint density at radius 1 is 1.16 bits per heavy atom. The highest BCUT2D eigenvalue weighted by Gasteiger charge is 2.62. The number of fused-ring (bicyclic) bond motifs is 5. The fourth-order valence-corrected chi connectivity index (χ4v) is 4.52. The molecular weight excluding hydrogens is 318 g/mol. The Balaban J connectivity index is 1.40. The summed E-state index contributed by atoms with van der Waals surface area (Å²) < 4.78 is 7.54. The van der Waals surface area contributed by atoms with E-state index in [1.54, 1.807) is 17.1 Å². The van der Waals surface area contributed by atoms with Gasteiger partial charge >= 0.3 is 0 Å². The SMILES string of the molecule is Cc1cccc(Cn2cc(N3C(=O)[C@H]4[C@H](C3=O)[C@H]3CC[C@H]4O3)cn2)c1. The van der Waals surface area contributed by atoms with Gasteiger partial charge in [0.1, 0.15) is 0 Å². The quantitative estimate of drug-likeness (QED) is 0.803. The van der Waals surface area contributed by atoms with Gasteiger partial charge in [0.15, 0.2) is 0 Å². The molecule has 6 nitrogen and oxygen atoms in total. The van der Waals surface area contributed by atoms with Crippen LogP contribution in [0.2, 0.25) is 0 Å². The Kier molecular flexibility index (Phi) is 3.12. The third-order valence-corrected chi connectivity index (χ3v) is 5.59. The number of nitrogens with zero attached hydrogens (tertiary/aromatic N) is 3. The summed E-state index contributed by atoms with van der Waals surface area (Å²) in [5.41, 5.74) is 2.89. The number of anilines is 1. The maximum atomic E-state index is 12.8. The van der Waals surface area contributed by atoms with E-state index < -0.39 is 0 Å². The molecule has 0 unspecified atom stereocenters. The number of carbonyl (C=O) groups is 2. The van der Waals surface area contributed by atoms with Crippen LogP contribution in [0.4, 0.5) is 5.69 Å². The number of aromatic nitrogens is 2. The third kappa shape index (κ3) is 2.17. The zero-order valence-corrected chi connectivity index (χ0v) is 14.0. The zero-order chi connectivity index (χ0) is 17.1. The number of aryl methyl sites for hydroxylation is 1. The number of hydrogen-bond acceptors (Lipinski definition) is 4. The average molecular weight is 337 g/mol. The van der Waals surface area contributed by atoms with Crippen LogP contribution in [-0.4, -0.2) is 33.8 Å². The normalized spacial score (nSPS) is 30.4. The van der Waals surface area contributed by atoms with Gasteiger partial charge in [-0.1, -0.05) is 29.8 Å². The molecule has 128 valence electrons. The van der Waals surface area contributed by atoms with Gasteiger partial charge in [0, 0.05) is 6.20 Å². The van der Waals surface area contributed by atoms with Gasteiger partial charge in [-0.05, 0) is 25.3 Å². The molecule has 3 saturated heterocycles. The van der Waals surface area contributed by atoms with Gasteiger partial charge < -0.3 is 4.74 Å². The molecule has 1 aromatic carbocycles. The van der Waals surface area contributed by atoms with Gasteiger partial charge in [0.2, 0.25) is 11.8 Å². The van der Waals surface area contributed by atoms with Gasteiger partial charge in [-0.25, -0.2) is 4.90 Å². The van der Waals surface area contributed by atoms with E-state index in [1.165, 1.54) is 10.5 Å². The van der Waals surface area contributed by atoms with Gasteiger partial charge in [-0.15, -0.1) is 0 Å². The molecule has 2 aromatic rings. The number of amides is 2. The molecule has 1 aromatic heterocycles. The lowest BCUT2D eigenvalue weighted by Gasteiger charge is -2.15. The molecule has 25 heavy (non-hydrogen) atoms. The Bertz CT molecular complexity index is 846. The van der Waals surface area contributed by atoms with Gasteiger partial charge in [-0.3, -0.25) is 14.3 Å². The predicted molar refractivity (Wildman–Crippen MR) is 89.9 cm³/mol. The Labute approximate surface area is 145 Å². The van der Waals surface area contributed by atoms with E-state index in [0.29, 0.717) is 12.2 Å². The lowest BCUT2D eigenvalue weighted by Crippen LogP contribution is -2.33. The molecule has 0 saturated carbocycles. The van der Waals surface area contributed by atoms with Crippen LogP contribution in [0.5, 0.6) is 0 Å². The highest BCUT2D eigenvalue weighted by Crippen LogP contribution is 2.49. The maximum absolute atomic E-state index is 12.8. The molecule has 4 heterocycles. The summed E-state index contributed by atoms with van der Waals surface area (Å²) in [6.07, 6.45) is 4.98. The molecule has 3 aliphatic rings. The molecule has 0 N–H and O–H groups in total. The van der Waals surface area contributed by atoms with Crippen LogP contribution in [0.25, 0.3) is 0 Å². The van der Waals surface area contributed by atoms with E-state index in [0.717, 1.165) is 18.4 Å². The largest absolute Gasteiger partial charge is 0.373 e. The second kappa shape index (κ2) is 5.26. The van der Waals surface area contributed by atoms with Crippen molar-refractivity contribution in [2.45, 2.75) is 38.5 Å². The second-order valence-corrected chi connectivity index (χ2v) is 7.24. The number of hydrogen-bond donors (Lipinski definition) is 0. The second-order valence-electron chi connectivity index (χ2n) is 7.24. The summed E-state index contributed by atoms with van der Waals surface area (Å²) in [4.78, 5) is 26.9. The number of imide groups is 1. The monoisotopic (exact) mass is 337 g/mol. The molecule has 0 radical (unpaired) electrons. The van der Waals surface area contributed by atoms with E-state index in [4.69, 9.17) is 4.74 Å². The van der Waals surface area contributed by atoms with Crippen LogP contribution in [-0.2, 0) is 20.9 Å². The van der Waals surface area contributed by atoms with Crippen LogP contribution in [0, 0.1) is 18.8 Å². The zero-order valence-electron chi connectivity index (χ0n) is 14.0. The lowest BCUT2D eigenvalue weighted by molar-refractivity contribution is -0.124. The lowest BCUT2D eigenvalue weighted by atomic mass is 9.81. The van der Waals surface area contributed by atoms with Crippen molar-refractivity contribution in [3.05, 3.63) is 47.8 Å². The van der Waals surface area contributed by atoms with Crippen LogP contribution in [0.15, 0.2) is 36.7 Å². The first-order valence-electron chi connectivity index (χ1n) is 8.73. The highest BCUT2D eigenvalue weighted by atomic mass is 16.5. The van der Waals surface area contributed by atoms with E-state index >= 15 is 0 Å².